The standard InChI is InChI=1S/C12H8N2O/c15-7-11-10-6-5-8-3-1-2-4-9(8)12(10)14-13-11/h1-7H,(H,13,14). The van der Waals surface area contributed by atoms with Crippen molar-refractivity contribution in [2.75, 3.05) is 0 Å². The molecule has 0 amide bonds. The molecule has 15 heavy (non-hydrogen) atoms. The van der Waals surface area contributed by atoms with E-state index in [1.807, 2.05) is 36.4 Å². The molecule has 72 valence electrons. The van der Waals surface area contributed by atoms with Crippen LogP contribution in [0, 0.1) is 0 Å². The van der Waals surface area contributed by atoms with E-state index in [9.17, 15) is 4.79 Å². The molecule has 0 saturated carbocycles. The Hall–Kier alpha value is -2.16. The topological polar surface area (TPSA) is 45.8 Å². The number of nitrogens with zero attached hydrogens (tertiary/aromatic N) is 1. The highest BCUT2D eigenvalue weighted by Gasteiger charge is 2.06. The summed E-state index contributed by atoms with van der Waals surface area (Å²) in [6, 6.07) is 11.9. The molecule has 0 aliphatic carbocycles. The van der Waals surface area contributed by atoms with Gasteiger partial charge in [0.25, 0.3) is 0 Å². The molecule has 3 aromatic rings. The molecule has 0 saturated heterocycles. The number of carbonyl (C=O) groups excluding carboxylic acids is 1. The molecule has 3 rings (SSSR count). The van der Waals surface area contributed by atoms with Crippen molar-refractivity contribution in [1.82, 2.24) is 10.2 Å². The van der Waals surface area contributed by atoms with Crippen LogP contribution in [0.3, 0.4) is 0 Å². The van der Waals surface area contributed by atoms with Crippen LogP contribution in [0.15, 0.2) is 36.4 Å². The minimum Gasteiger partial charge on any atom is -0.296 e. The van der Waals surface area contributed by atoms with E-state index in [1.165, 1.54) is 0 Å². The number of carbonyl (C=O) groups is 1. The third kappa shape index (κ3) is 1.06. The first-order valence-electron chi connectivity index (χ1n) is 4.71. The van der Waals surface area contributed by atoms with Crippen LogP contribution in [0.25, 0.3) is 21.7 Å². The average molecular weight is 196 g/mol. The number of hydrogen-bond acceptors (Lipinski definition) is 2. The number of fused-ring (bicyclic) bond motifs is 3. The summed E-state index contributed by atoms with van der Waals surface area (Å²) in [6.07, 6.45) is 0.796. The van der Waals surface area contributed by atoms with Crippen molar-refractivity contribution >= 4 is 28.0 Å². The van der Waals surface area contributed by atoms with Gasteiger partial charge in [0.1, 0.15) is 11.2 Å². The Balaban J connectivity index is 2.55. The van der Waals surface area contributed by atoms with E-state index >= 15 is 0 Å². The molecule has 1 aromatic heterocycles. The molecule has 3 nitrogen and oxygen atoms in total. The molecule has 0 radical (unpaired) electrons. The summed E-state index contributed by atoms with van der Waals surface area (Å²) < 4.78 is 0. The zero-order valence-electron chi connectivity index (χ0n) is 7.90. The minimum absolute atomic E-state index is 0.538. The van der Waals surface area contributed by atoms with E-state index in [1.54, 1.807) is 0 Å². The Morgan fingerprint density at radius 3 is 2.80 bits per heavy atom. The highest BCUT2D eigenvalue weighted by Crippen LogP contribution is 2.24. The molecule has 3 heteroatoms. The van der Waals surface area contributed by atoms with Crippen LogP contribution in [0.4, 0.5) is 0 Å². The first-order valence-corrected chi connectivity index (χ1v) is 4.71. The summed E-state index contributed by atoms with van der Waals surface area (Å²) in [5, 5.41) is 9.98. The van der Waals surface area contributed by atoms with E-state index in [2.05, 4.69) is 10.2 Å². The maximum atomic E-state index is 10.7. The van der Waals surface area contributed by atoms with Crippen LogP contribution in [0.5, 0.6) is 0 Å². The number of rotatable bonds is 1. The molecule has 0 aliphatic rings. The number of nitrogens with one attached hydrogen (secondary N) is 1. The molecule has 1 N–H and O–H groups in total. The first kappa shape index (κ1) is 8.17. The zero-order valence-corrected chi connectivity index (χ0v) is 7.90. The highest BCUT2D eigenvalue weighted by molar-refractivity contribution is 6.09. The Bertz CT molecular complexity index is 655. The second-order valence-corrected chi connectivity index (χ2v) is 3.44. The molecular formula is C12H8N2O. The second kappa shape index (κ2) is 2.92. The summed E-state index contributed by atoms with van der Waals surface area (Å²) in [5.74, 6) is 0. The summed E-state index contributed by atoms with van der Waals surface area (Å²) in [5.41, 5.74) is 1.39. The number of H-pyrrole nitrogens is 1. The van der Waals surface area contributed by atoms with Crippen LogP contribution in [-0.2, 0) is 0 Å². The smallest absolute Gasteiger partial charge is 0.168 e. The number of benzene rings is 2. The van der Waals surface area contributed by atoms with Crippen molar-refractivity contribution in [3.8, 4) is 0 Å². The predicted molar refractivity (Wildman–Crippen MR) is 59.0 cm³/mol. The van der Waals surface area contributed by atoms with Gasteiger partial charge in [0, 0.05) is 10.8 Å². The van der Waals surface area contributed by atoms with Gasteiger partial charge in [-0.3, -0.25) is 9.89 Å². The van der Waals surface area contributed by atoms with E-state index in [0.29, 0.717) is 5.69 Å². The second-order valence-electron chi connectivity index (χ2n) is 3.44. The average Bonchev–Trinajstić information content (AvgIpc) is 2.72. The fraction of sp³-hybridized carbons (Fsp3) is 0. The van der Waals surface area contributed by atoms with E-state index < -0.39 is 0 Å². The van der Waals surface area contributed by atoms with Crippen LogP contribution in [0.1, 0.15) is 10.5 Å². The van der Waals surface area contributed by atoms with Crippen molar-refractivity contribution in [3.05, 3.63) is 42.1 Å². The van der Waals surface area contributed by atoms with Gasteiger partial charge in [-0.1, -0.05) is 30.3 Å². The van der Waals surface area contributed by atoms with Crippen molar-refractivity contribution in [3.63, 3.8) is 0 Å². The SMILES string of the molecule is O=Cc1[nH]nc2c1ccc1ccccc12. The molecule has 0 bridgehead atoms. The van der Waals surface area contributed by atoms with Gasteiger partial charge < -0.3 is 0 Å². The van der Waals surface area contributed by atoms with E-state index in [-0.39, 0.29) is 0 Å². The molecular weight excluding hydrogens is 188 g/mol. The van der Waals surface area contributed by atoms with Crippen LogP contribution in [0.2, 0.25) is 0 Å². The van der Waals surface area contributed by atoms with Gasteiger partial charge in [0.15, 0.2) is 6.29 Å². The largest absolute Gasteiger partial charge is 0.296 e. The lowest BCUT2D eigenvalue weighted by atomic mass is 10.1. The van der Waals surface area contributed by atoms with Gasteiger partial charge in [-0.25, -0.2) is 0 Å². The van der Waals surface area contributed by atoms with Crippen molar-refractivity contribution < 1.29 is 4.79 Å². The van der Waals surface area contributed by atoms with Crippen molar-refractivity contribution in [2.45, 2.75) is 0 Å². The number of aldehydes is 1. The summed E-state index contributed by atoms with van der Waals surface area (Å²) >= 11 is 0. The Morgan fingerprint density at radius 2 is 1.93 bits per heavy atom. The quantitative estimate of drug-likeness (QED) is 0.608. The zero-order chi connectivity index (χ0) is 10.3. The lowest BCUT2D eigenvalue weighted by Crippen LogP contribution is -1.78. The monoisotopic (exact) mass is 196 g/mol. The van der Waals surface area contributed by atoms with E-state index in [4.69, 9.17) is 0 Å². The first-order chi connectivity index (χ1) is 7.40. The fourth-order valence-corrected chi connectivity index (χ4v) is 1.86. The number of aromatic nitrogens is 2. The molecule has 1 heterocycles. The molecule has 0 atom stereocenters. The Morgan fingerprint density at radius 1 is 1.07 bits per heavy atom. The van der Waals surface area contributed by atoms with Gasteiger partial charge >= 0.3 is 0 Å². The van der Waals surface area contributed by atoms with Gasteiger partial charge in [-0.2, -0.15) is 5.10 Å². The lowest BCUT2D eigenvalue weighted by molar-refractivity contribution is 0.112. The van der Waals surface area contributed by atoms with Gasteiger partial charge in [0.05, 0.1) is 0 Å². The van der Waals surface area contributed by atoms with Crippen molar-refractivity contribution in [1.29, 1.82) is 0 Å². The van der Waals surface area contributed by atoms with Crippen LogP contribution in [-0.4, -0.2) is 16.5 Å². The summed E-state index contributed by atoms with van der Waals surface area (Å²) in [4.78, 5) is 10.7. The van der Waals surface area contributed by atoms with Gasteiger partial charge in [-0.15, -0.1) is 0 Å². The van der Waals surface area contributed by atoms with Gasteiger partial charge in [0.2, 0.25) is 0 Å². The molecule has 0 aliphatic heterocycles. The maximum Gasteiger partial charge on any atom is 0.168 e. The molecule has 0 fully saturated rings. The Labute approximate surface area is 85.7 Å². The fourth-order valence-electron chi connectivity index (χ4n) is 1.86. The van der Waals surface area contributed by atoms with Crippen LogP contribution >= 0.6 is 0 Å². The van der Waals surface area contributed by atoms with Crippen LogP contribution < -0.4 is 0 Å². The maximum absolute atomic E-state index is 10.7. The third-order valence-electron chi connectivity index (χ3n) is 2.60. The van der Waals surface area contributed by atoms with E-state index in [0.717, 1.165) is 28.0 Å². The lowest BCUT2D eigenvalue weighted by Gasteiger charge is -1.96. The summed E-state index contributed by atoms with van der Waals surface area (Å²) in [6.45, 7) is 0. The minimum atomic E-state index is 0.538. The molecule has 0 unspecified atom stereocenters. The Kier molecular flexibility index (Phi) is 1.59. The molecule has 0 spiro atoms. The molecule has 2 aromatic carbocycles. The van der Waals surface area contributed by atoms with Crippen molar-refractivity contribution in [2.24, 2.45) is 0 Å². The highest BCUT2D eigenvalue weighted by atomic mass is 16.1. The third-order valence-corrected chi connectivity index (χ3v) is 2.60. The number of hydrogen-bond donors (Lipinski definition) is 1. The number of aromatic amines is 1. The normalized spacial score (nSPS) is 10.9. The van der Waals surface area contributed by atoms with Gasteiger partial charge in [-0.05, 0) is 11.5 Å². The predicted octanol–water partition coefficient (Wildman–Crippen LogP) is 2.53. The summed E-state index contributed by atoms with van der Waals surface area (Å²) in [7, 11) is 0.